The summed E-state index contributed by atoms with van der Waals surface area (Å²) in [7, 11) is 0. The van der Waals surface area contributed by atoms with Crippen molar-refractivity contribution >= 4 is 11.2 Å². The number of alkyl halides is 3. The molecule has 0 amide bonds. The largest absolute Gasteiger partial charge is 0.416 e. The van der Waals surface area contributed by atoms with Crippen molar-refractivity contribution in [3.05, 3.63) is 92.6 Å². The number of hydrogen-bond donors (Lipinski definition) is 0. The normalized spacial score (nSPS) is 11.9. The van der Waals surface area contributed by atoms with Gasteiger partial charge in [0.05, 0.1) is 17.6 Å². The number of rotatable bonds is 4. The Morgan fingerprint density at radius 3 is 2.35 bits per heavy atom. The molecule has 0 aliphatic carbocycles. The number of benzene rings is 2. The molecule has 2 aromatic heterocycles. The summed E-state index contributed by atoms with van der Waals surface area (Å²) in [4.78, 5) is 30.0. The zero-order valence-corrected chi connectivity index (χ0v) is 16.2. The molecular weight excluding hydrogens is 416 g/mol. The maximum Gasteiger partial charge on any atom is 0.416 e. The standard InChI is InChI=1S/C21H16F4N4O2/c1-2-28-19(30)17-18(29(20(28)31)16-5-3-4-15(22)10-16)26-12-27(17)11-13-6-8-14(9-7-13)21(23,24)25/h3-10,12H,2,11H2,1H3. The van der Waals surface area contributed by atoms with Crippen molar-refractivity contribution in [2.45, 2.75) is 26.2 Å². The molecule has 0 aliphatic heterocycles. The van der Waals surface area contributed by atoms with Gasteiger partial charge in [-0.2, -0.15) is 13.2 Å². The van der Waals surface area contributed by atoms with E-state index in [9.17, 15) is 27.2 Å². The molecule has 2 aromatic carbocycles. The fraction of sp³-hybridized carbons (Fsp3) is 0.190. The minimum Gasteiger partial charge on any atom is -0.320 e. The summed E-state index contributed by atoms with van der Waals surface area (Å²) in [5, 5.41) is 0. The topological polar surface area (TPSA) is 61.8 Å². The van der Waals surface area contributed by atoms with E-state index in [2.05, 4.69) is 4.98 Å². The first kappa shape index (κ1) is 20.6. The Kier molecular flexibility index (Phi) is 5.00. The third-order valence-corrected chi connectivity index (χ3v) is 4.92. The van der Waals surface area contributed by atoms with Crippen LogP contribution in [0, 0.1) is 5.82 Å². The van der Waals surface area contributed by atoms with Crippen LogP contribution >= 0.6 is 0 Å². The number of hydrogen-bond acceptors (Lipinski definition) is 3. The molecule has 0 N–H and O–H groups in total. The molecule has 6 nitrogen and oxygen atoms in total. The fourth-order valence-electron chi connectivity index (χ4n) is 3.42. The van der Waals surface area contributed by atoms with Crippen LogP contribution in [0.3, 0.4) is 0 Å². The predicted octanol–water partition coefficient (Wildman–Crippen LogP) is 3.58. The van der Waals surface area contributed by atoms with Crippen LogP contribution in [0.5, 0.6) is 0 Å². The van der Waals surface area contributed by atoms with E-state index >= 15 is 0 Å². The van der Waals surface area contributed by atoms with Gasteiger partial charge in [0.15, 0.2) is 11.2 Å². The van der Waals surface area contributed by atoms with Crippen LogP contribution in [0.1, 0.15) is 18.1 Å². The van der Waals surface area contributed by atoms with E-state index in [1.165, 1.54) is 41.2 Å². The van der Waals surface area contributed by atoms with E-state index in [0.717, 1.165) is 27.3 Å². The number of halogens is 4. The van der Waals surface area contributed by atoms with Crippen LogP contribution in [0.25, 0.3) is 16.9 Å². The second kappa shape index (κ2) is 7.53. The van der Waals surface area contributed by atoms with E-state index in [1.807, 2.05) is 0 Å². The highest BCUT2D eigenvalue weighted by molar-refractivity contribution is 5.72. The zero-order valence-electron chi connectivity index (χ0n) is 16.2. The van der Waals surface area contributed by atoms with Crippen LogP contribution in [-0.4, -0.2) is 18.7 Å². The van der Waals surface area contributed by atoms with Crippen LogP contribution in [0.4, 0.5) is 17.6 Å². The van der Waals surface area contributed by atoms with Gasteiger partial charge < -0.3 is 4.57 Å². The summed E-state index contributed by atoms with van der Waals surface area (Å²) in [5.74, 6) is -0.559. The Bertz CT molecular complexity index is 1380. The van der Waals surface area contributed by atoms with Gasteiger partial charge in [0.1, 0.15) is 5.82 Å². The zero-order chi connectivity index (χ0) is 22.3. The van der Waals surface area contributed by atoms with Gasteiger partial charge in [0, 0.05) is 13.1 Å². The molecule has 31 heavy (non-hydrogen) atoms. The molecule has 0 saturated heterocycles. The first-order valence-corrected chi connectivity index (χ1v) is 9.33. The van der Waals surface area contributed by atoms with E-state index < -0.39 is 28.8 Å². The third kappa shape index (κ3) is 3.65. The van der Waals surface area contributed by atoms with Gasteiger partial charge in [-0.3, -0.25) is 9.36 Å². The molecule has 0 atom stereocenters. The van der Waals surface area contributed by atoms with E-state index in [-0.39, 0.29) is 29.9 Å². The molecule has 160 valence electrons. The molecule has 0 spiro atoms. The SMILES string of the molecule is CCn1c(=O)c2c(ncn2Cc2ccc(C(F)(F)F)cc2)n(-c2cccc(F)c2)c1=O. The van der Waals surface area contributed by atoms with Gasteiger partial charge >= 0.3 is 11.9 Å². The Morgan fingerprint density at radius 1 is 1.03 bits per heavy atom. The van der Waals surface area contributed by atoms with Gasteiger partial charge in [-0.25, -0.2) is 18.7 Å². The summed E-state index contributed by atoms with van der Waals surface area (Å²) < 4.78 is 55.8. The van der Waals surface area contributed by atoms with Crippen LogP contribution < -0.4 is 11.2 Å². The number of aromatic nitrogens is 4. The monoisotopic (exact) mass is 432 g/mol. The van der Waals surface area contributed by atoms with Crippen molar-refractivity contribution in [3.8, 4) is 5.69 Å². The average Bonchev–Trinajstić information content (AvgIpc) is 3.11. The summed E-state index contributed by atoms with van der Waals surface area (Å²) in [6.07, 6.45) is -3.12. The van der Waals surface area contributed by atoms with Gasteiger partial charge in [0.2, 0.25) is 0 Å². The van der Waals surface area contributed by atoms with Crippen LogP contribution in [0.2, 0.25) is 0 Å². The minimum atomic E-state index is -4.45. The summed E-state index contributed by atoms with van der Waals surface area (Å²) in [6, 6.07) is 9.88. The first-order chi connectivity index (χ1) is 14.7. The Balaban J connectivity index is 1.88. The van der Waals surface area contributed by atoms with Crippen molar-refractivity contribution < 1.29 is 17.6 Å². The highest BCUT2D eigenvalue weighted by Gasteiger charge is 2.30. The molecular formula is C21H16F4N4O2. The third-order valence-electron chi connectivity index (χ3n) is 4.92. The maximum absolute atomic E-state index is 13.8. The van der Waals surface area contributed by atoms with Crippen LogP contribution in [0.15, 0.2) is 64.4 Å². The molecule has 4 aromatic rings. The van der Waals surface area contributed by atoms with Crippen molar-refractivity contribution in [2.24, 2.45) is 0 Å². The van der Waals surface area contributed by atoms with Crippen molar-refractivity contribution in [2.75, 3.05) is 0 Å². The summed E-state index contributed by atoms with van der Waals surface area (Å²) in [6.45, 7) is 1.77. The lowest BCUT2D eigenvalue weighted by Gasteiger charge is -2.12. The van der Waals surface area contributed by atoms with Crippen molar-refractivity contribution in [1.82, 2.24) is 18.7 Å². The lowest BCUT2D eigenvalue weighted by Crippen LogP contribution is -2.39. The Labute approximate surface area is 172 Å². The Morgan fingerprint density at radius 2 is 1.74 bits per heavy atom. The first-order valence-electron chi connectivity index (χ1n) is 9.33. The minimum absolute atomic E-state index is 0.0391. The van der Waals surface area contributed by atoms with Gasteiger partial charge in [-0.05, 0) is 42.8 Å². The molecule has 0 saturated carbocycles. The number of nitrogens with zero attached hydrogens (tertiary/aromatic N) is 4. The molecule has 10 heteroatoms. The second-order valence-corrected chi connectivity index (χ2v) is 6.89. The quantitative estimate of drug-likeness (QED) is 0.463. The van der Waals surface area contributed by atoms with Gasteiger partial charge in [-0.15, -0.1) is 0 Å². The average molecular weight is 432 g/mol. The highest BCUT2D eigenvalue weighted by Crippen LogP contribution is 2.29. The Hall–Kier alpha value is -3.69. The fourth-order valence-corrected chi connectivity index (χ4v) is 3.42. The highest BCUT2D eigenvalue weighted by atomic mass is 19.4. The predicted molar refractivity (Wildman–Crippen MR) is 106 cm³/mol. The summed E-state index contributed by atoms with van der Waals surface area (Å²) in [5.41, 5.74) is -1.18. The van der Waals surface area contributed by atoms with E-state index in [0.29, 0.717) is 5.56 Å². The summed E-state index contributed by atoms with van der Waals surface area (Å²) >= 11 is 0. The van der Waals surface area contributed by atoms with E-state index in [1.54, 1.807) is 6.92 Å². The van der Waals surface area contributed by atoms with Crippen molar-refractivity contribution in [1.29, 1.82) is 0 Å². The molecule has 0 radical (unpaired) electrons. The molecule has 0 aliphatic rings. The number of imidazole rings is 1. The molecule has 0 bridgehead atoms. The van der Waals surface area contributed by atoms with E-state index in [4.69, 9.17) is 0 Å². The van der Waals surface area contributed by atoms with Gasteiger partial charge in [0.25, 0.3) is 5.56 Å². The molecule has 0 unspecified atom stereocenters. The number of fused-ring (bicyclic) bond motifs is 1. The smallest absolute Gasteiger partial charge is 0.320 e. The van der Waals surface area contributed by atoms with Crippen LogP contribution in [-0.2, 0) is 19.3 Å². The maximum atomic E-state index is 13.8. The molecule has 0 fully saturated rings. The molecule has 4 rings (SSSR count). The molecule has 2 heterocycles. The lowest BCUT2D eigenvalue weighted by atomic mass is 10.1. The van der Waals surface area contributed by atoms with Gasteiger partial charge in [-0.1, -0.05) is 18.2 Å². The second-order valence-electron chi connectivity index (χ2n) is 6.89. The lowest BCUT2D eigenvalue weighted by molar-refractivity contribution is -0.137. The van der Waals surface area contributed by atoms with Crippen molar-refractivity contribution in [3.63, 3.8) is 0 Å².